The van der Waals surface area contributed by atoms with Gasteiger partial charge in [-0.05, 0) is 57.2 Å². The quantitative estimate of drug-likeness (QED) is 0.466. The molecule has 1 amide bonds. The van der Waals surface area contributed by atoms with Gasteiger partial charge in [0.15, 0.2) is 11.6 Å². The van der Waals surface area contributed by atoms with Gasteiger partial charge >= 0.3 is 17.9 Å². The van der Waals surface area contributed by atoms with Crippen molar-refractivity contribution in [2.75, 3.05) is 39.3 Å². The monoisotopic (exact) mass is 518 g/mol. The number of ether oxygens (including phenoxy) is 3. The van der Waals surface area contributed by atoms with Gasteiger partial charge in [-0.2, -0.15) is 4.68 Å². The third-order valence-corrected chi connectivity index (χ3v) is 5.40. The third kappa shape index (κ3) is 7.06. The van der Waals surface area contributed by atoms with Crippen LogP contribution in [0.4, 0.5) is 13.6 Å². The fraction of sp³-hybridized carbons (Fsp3) is 0.400. The van der Waals surface area contributed by atoms with Crippen molar-refractivity contribution in [2.24, 2.45) is 0 Å². The Hall–Kier alpha value is -3.93. The molecule has 0 aliphatic carbocycles. The molecular weight excluding hydrogens is 490 g/mol. The predicted octanol–water partition coefficient (Wildman–Crippen LogP) is 3.83. The lowest BCUT2D eigenvalue weighted by Gasteiger charge is -2.35. The van der Waals surface area contributed by atoms with E-state index in [2.05, 4.69) is 10.00 Å². The molecule has 12 heteroatoms. The van der Waals surface area contributed by atoms with Gasteiger partial charge in [0.05, 0.1) is 5.69 Å². The second-order valence-corrected chi connectivity index (χ2v) is 9.37. The van der Waals surface area contributed by atoms with Crippen LogP contribution in [0.2, 0.25) is 0 Å². The highest BCUT2D eigenvalue weighted by Crippen LogP contribution is 2.23. The first kappa shape index (κ1) is 26.1. The normalized spacial score (nSPS) is 14.5. The molecule has 0 spiro atoms. The topological polar surface area (TPSA) is 99.3 Å². The molecule has 4 rings (SSSR count). The molecule has 198 valence electrons. The average Bonchev–Trinajstić information content (AvgIpc) is 3.20. The zero-order valence-electron chi connectivity index (χ0n) is 20.8. The van der Waals surface area contributed by atoms with Gasteiger partial charge < -0.3 is 23.5 Å². The molecule has 1 aliphatic rings. The summed E-state index contributed by atoms with van der Waals surface area (Å²) in [4.78, 5) is 28.3. The first-order chi connectivity index (χ1) is 17.6. The summed E-state index contributed by atoms with van der Waals surface area (Å²) in [5, 5.41) is 3.90. The lowest BCUT2D eigenvalue weighted by atomic mass is 10.2. The van der Waals surface area contributed by atoms with Gasteiger partial charge in [-0.25, -0.2) is 18.4 Å². The molecule has 3 aromatic rings. The van der Waals surface area contributed by atoms with E-state index in [0.717, 1.165) is 29.9 Å². The molecule has 2 heterocycles. The van der Waals surface area contributed by atoms with Crippen molar-refractivity contribution < 1.29 is 32.2 Å². The van der Waals surface area contributed by atoms with Crippen molar-refractivity contribution in [3.63, 3.8) is 0 Å². The number of hydrogen-bond donors (Lipinski definition) is 0. The van der Waals surface area contributed by atoms with Crippen LogP contribution in [0.3, 0.4) is 0 Å². The summed E-state index contributed by atoms with van der Waals surface area (Å²) in [5.41, 5.74) is -0.132. The standard InChI is InChI=1S/C25H28F2N4O6/c1-25(2,3)37-23(32)30-12-10-29(11-13-30)14-15-34-19-7-5-18(6-8-19)31-24(33)36-22(28-31)35-21-9-4-17(26)16-20(21)27/h4-9,16H,10-15H2,1-3H3. The molecule has 1 aliphatic heterocycles. The van der Waals surface area contributed by atoms with Crippen LogP contribution >= 0.6 is 0 Å². The van der Waals surface area contributed by atoms with E-state index in [9.17, 15) is 18.4 Å². The van der Waals surface area contributed by atoms with Gasteiger partial charge in [-0.3, -0.25) is 4.90 Å². The third-order valence-electron chi connectivity index (χ3n) is 5.40. The second-order valence-electron chi connectivity index (χ2n) is 9.37. The Balaban J connectivity index is 1.25. The van der Waals surface area contributed by atoms with Crippen LogP contribution in [0.15, 0.2) is 51.7 Å². The van der Waals surface area contributed by atoms with Gasteiger partial charge in [0.1, 0.15) is 23.8 Å². The molecule has 0 N–H and O–H groups in total. The highest BCUT2D eigenvalue weighted by molar-refractivity contribution is 5.68. The molecule has 1 aromatic heterocycles. The molecule has 0 unspecified atom stereocenters. The Kier molecular flexibility index (Phi) is 7.77. The highest BCUT2D eigenvalue weighted by Gasteiger charge is 2.25. The molecule has 37 heavy (non-hydrogen) atoms. The minimum absolute atomic E-state index is 0.295. The van der Waals surface area contributed by atoms with Crippen molar-refractivity contribution in [3.05, 3.63) is 64.6 Å². The number of hydrogen-bond acceptors (Lipinski definition) is 8. The molecule has 0 atom stereocenters. The van der Waals surface area contributed by atoms with Crippen LogP contribution < -0.4 is 15.2 Å². The molecule has 2 aromatic carbocycles. The number of halogens is 2. The molecule has 0 radical (unpaired) electrons. The zero-order valence-corrected chi connectivity index (χ0v) is 20.8. The summed E-state index contributed by atoms with van der Waals surface area (Å²) in [5.74, 6) is -2.29. The summed E-state index contributed by atoms with van der Waals surface area (Å²) in [7, 11) is 0. The molecule has 10 nitrogen and oxygen atoms in total. The van der Waals surface area contributed by atoms with Crippen LogP contribution in [-0.4, -0.2) is 70.6 Å². The van der Waals surface area contributed by atoms with Crippen molar-refractivity contribution in [1.29, 1.82) is 0 Å². The number of benzene rings is 2. The number of carbonyl (C=O) groups is 1. The van der Waals surface area contributed by atoms with E-state index in [-0.39, 0.29) is 11.8 Å². The van der Waals surface area contributed by atoms with Gasteiger partial charge in [-0.15, -0.1) is 0 Å². The first-order valence-electron chi connectivity index (χ1n) is 11.7. The molecular formula is C25H28F2N4O6. The lowest BCUT2D eigenvalue weighted by Crippen LogP contribution is -2.50. The SMILES string of the molecule is CC(C)(C)OC(=O)N1CCN(CCOc2ccc(-n3nc(Oc4ccc(F)cc4F)oc3=O)cc2)CC1. The Morgan fingerprint density at radius 3 is 2.41 bits per heavy atom. The van der Waals surface area contributed by atoms with Crippen LogP contribution in [0.5, 0.6) is 17.6 Å². The van der Waals surface area contributed by atoms with Crippen molar-refractivity contribution in [2.45, 2.75) is 26.4 Å². The molecule has 0 bridgehead atoms. The van der Waals surface area contributed by atoms with E-state index in [4.69, 9.17) is 18.6 Å². The summed E-state index contributed by atoms with van der Waals surface area (Å²) >= 11 is 0. The molecule has 1 fully saturated rings. The van der Waals surface area contributed by atoms with Crippen LogP contribution in [0, 0.1) is 11.6 Å². The van der Waals surface area contributed by atoms with Gasteiger partial charge in [0.2, 0.25) is 0 Å². The second kappa shape index (κ2) is 11.0. The minimum Gasteiger partial charge on any atom is -0.492 e. The number of piperazine rings is 1. The summed E-state index contributed by atoms with van der Waals surface area (Å²) < 4.78 is 49.0. The largest absolute Gasteiger partial charge is 0.492 e. The Morgan fingerprint density at radius 2 is 1.76 bits per heavy atom. The Labute approximate surface area is 211 Å². The predicted molar refractivity (Wildman–Crippen MR) is 128 cm³/mol. The van der Waals surface area contributed by atoms with Crippen LogP contribution in [-0.2, 0) is 4.74 Å². The highest BCUT2D eigenvalue weighted by atomic mass is 19.1. The lowest BCUT2D eigenvalue weighted by molar-refractivity contribution is 0.0137. The number of carbonyl (C=O) groups excluding carboxylic acids is 1. The minimum atomic E-state index is -0.955. The van der Waals surface area contributed by atoms with Crippen molar-refractivity contribution in [3.8, 4) is 23.3 Å². The van der Waals surface area contributed by atoms with Gasteiger partial charge in [-0.1, -0.05) is 5.10 Å². The smallest absolute Gasteiger partial charge is 0.444 e. The number of rotatable bonds is 7. The fourth-order valence-electron chi connectivity index (χ4n) is 3.57. The van der Waals surface area contributed by atoms with Gasteiger partial charge in [0, 0.05) is 38.8 Å². The van der Waals surface area contributed by atoms with E-state index in [1.54, 1.807) is 29.2 Å². The van der Waals surface area contributed by atoms with Crippen LogP contribution in [0.1, 0.15) is 20.8 Å². The Bertz CT molecular complexity index is 1280. The van der Waals surface area contributed by atoms with Crippen molar-refractivity contribution >= 4 is 6.09 Å². The molecule has 1 saturated heterocycles. The number of aromatic nitrogens is 2. The molecule has 0 saturated carbocycles. The zero-order chi connectivity index (χ0) is 26.6. The van der Waals surface area contributed by atoms with E-state index in [1.807, 2.05) is 20.8 Å². The van der Waals surface area contributed by atoms with Gasteiger partial charge in [0.25, 0.3) is 0 Å². The summed E-state index contributed by atoms with van der Waals surface area (Å²) in [6, 6.07) is 9.30. The van der Waals surface area contributed by atoms with E-state index < -0.39 is 29.1 Å². The average molecular weight is 519 g/mol. The van der Waals surface area contributed by atoms with E-state index >= 15 is 0 Å². The van der Waals surface area contributed by atoms with Crippen molar-refractivity contribution in [1.82, 2.24) is 19.6 Å². The van der Waals surface area contributed by atoms with Crippen LogP contribution in [0.25, 0.3) is 5.69 Å². The maximum absolute atomic E-state index is 13.8. The maximum Gasteiger partial charge on any atom is 0.444 e. The first-order valence-corrected chi connectivity index (χ1v) is 11.7. The number of amides is 1. The van der Waals surface area contributed by atoms with E-state index in [1.165, 1.54) is 0 Å². The number of nitrogens with zero attached hydrogens (tertiary/aromatic N) is 4. The fourth-order valence-corrected chi connectivity index (χ4v) is 3.57. The van der Waals surface area contributed by atoms with E-state index in [0.29, 0.717) is 43.7 Å². The maximum atomic E-state index is 13.8. The summed E-state index contributed by atoms with van der Waals surface area (Å²) in [6.07, 6.45) is -0.779. The summed E-state index contributed by atoms with van der Waals surface area (Å²) in [6.45, 7) is 9.30. The Morgan fingerprint density at radius 1 is 1.05 bits per heavy atom.